The van der Waals surface area contributed by atoms with E-state index in [2.05, 4.69) is 16.6 Å². The van der Waals surface area contributed by atoms with Crippen molar-refractivity contribution in [3.8, 4) is 0 Å². The Kier molecular flexibility index (Phi) is 4.53. The van der Waals surface area contributed by atoms with Crippen molar-refractivity contribution in [2.75, 3.05) is 26.9 Å². The van der Waals surface area contributed by atoms with E-state index in [1.807, 2.05) is 25.0 Å². The molecule has 17 heavy (non-hydrogen) atoms. The summed E-state index contributed by atoms with van der Waals surface area (Å²) in [6.07, 6.45) is 6.20. The lowest BCUT2D eigenvalue weighted by atomic mass is 10.0. The Hall–Kier alpha value is -0.910. The van der Waals surface area contributed by atoms with E-state index in [4.69, 9.17) is 9.47 Å². The number of hydrogen-bond acceptors (Lipinski definition) is 4. The zero-order valence-electron chi connectivity index (χ0n) is 10.6. The normalized spacial score (nSPS) is 22.6. The molecule has 0 saturated carbocycles. The minimum atomic E-state index is 0.172. The number of likely N-dealkylation sites (N-methyl/N-ethyl adjacent to an activating group) is 1. The van der Waals surface area contributed by atoms with Crippen molar-refractivity contribution in [2.45, 2.75) is 25.0 Å². The van der Waals surface area contributed by atoms with Crippen molar-refractivity contribution < 1.29 is 9.47 Å². The molecule has 1 fully saturated rings. The lowest BCUT2D eigenvalue weighted by Gasteiger charge is -2.30. The van der Waals surface area contributed by atoms with Crippen LogP contribution >= 0.6 is 0 Å². The molecular formula is C12H21N3O2. The van der Waals surface area contributed by atoms with Crippen molar-refractivity contribution >= 4 is 0 Å². The van der Waals surface area contributed by atoms with Crippen LogP contribution < -0.4 is 5.32 Å². The maximum absolute atomic E-state index is 5.72. The quantitative estimate of drug-likeness (QED) is 0.806. The third-order valence-electron chi connectivity index (χ3n) is 3.16. The average Bonchev–Trinajstić information content (AvgIpc) is 2.77. The predicted octanol–water partition coefficient (Wildman–Crippen LogP) is 0.356. The maximum Gasteiger partial charge on any atom is 0.0962 e. The first-order valence-corrected chi connectivity index (χ1v) is 6.13. The molecule has 1 aliphatic heterocycles. The molecule has 2 heterocycles. The number of hydrogen-bond donors (Lipinski definition) is 1. The second-order valence-corrected chi connectivity index (χ2v) is 4.44. The van der Waals surface area contributed by atoms with E-state index in [1.165, 1.54) is 5.56 Å². The number of nitrogens with one attached hydrogen (secondary N) is 1. The Morgan fingerprint density at radius 1 is 1.59 bits per heavy atom. The monoisotopic (exact) mass is 239 g/mol. The van der Waals surface area contributed by atoms with Gasteiger partial charge in [-0.3, -0.25) is 4.68 Å². The van der Waals surface area contributed by atoms with Crippen LogP contribution in [0.1, 0.15) is 12.0 Å². The van der Waals surface area contributed by atoms with Gasteiger partial charge in [-0.1, -0.05) is 0 Å². The zero-order chi connectivity index (χ0) is 12.1. The van der Waals surface area contributed by atoms with E-state index < -0.39 is 0 Å². The van der Waals surface area contributed by atoms with E-state index >= 15 is 0 Å². The van der Waals surface area contributed by atoms with E-state index in [9.17, 15) is 0 Å². The largest absolute Gasteiger partial charge is 0.376 e. The van der Waals surface area contributed by atoms with Crippen molar-refractivity contribution in [3.63, 3.8) is 0 Å². The van der Waals surface area contributed by atoms with Crippen LogP contribution in [0.4, 0.5) is 0 Å². The predicted molar refractivity (Wildman–Crippen MR) is 64.9 cm³/mol. The van der Waals surface area contributed by atoms with Crippen molar-refractivity contribution in [1.82, 2.24) is 15.1 Å². The highest BCUT2D eigenvalue weighted by molar-refractivity contribution is 5.04. The third-order valence-corrected chi connectivity index (χ3v) is 3.16. The molecule has 2 atom stereocenters. The van der Waals surface area contributed by atoms with Gasteiger partial charge in [-0.2, -0.15) is 5.10 Å². The fourth-order valence-electron chi connectivity index (χ4n) is 2.18. The molecule has 1 saturated heterocycles. The number of ether oxygens (including phenoxy) is 2. The molecule has 2 unspecified atom stereocenters. The third kappa shape index (κ3) is 3.52. The Morgan fingerprint density at radius 3 is 3.06 bits per heavy atom. The molecule has 1 aromatic heterocycles. The van der Waals surface area contributed by atoms with E-state index in [0.717, 1.165) is 19.4 Å². The lowest BCUT2D eigenvalue weighted by Crippen LogP contribution is -2.45. The molecule has 0 spiro atoms. The second-order valence-electron chi connectivity index (χ2n) is 4.44. The number of aromatic nitrogens is 2. The van der Waals surface area contributed by atoms with E-state index in [0.29, 0.717) is 19.3 Å². The molecule has 2 rings (SSSR count). The van der Waals surface area contributed by atoms with Crippen molar-refractivity contribution in [2.24, 2.45) is 7.05 Å². The molecule has 1 aromatic rings. The molecule has 0 bridgehead atoms. The first-order chi connectivity index (χ1) is 8.29. The number of aryl methyl sites for hydroxylation is 2. The van der Waals surface area contributed by atoms with Crippen LogP contribution in [-0.2, 0) is 22.9 Å². The Labute approximate surface area is 102 Å². The first-order valence-electron chi connectivity index (χ1n) is 6.13. The lowest BCUT2D eigenvalue weighted by molar-refractivity contribution is -0.101. The Balaban J connectivity index is 1.82. The summed E-state index contributed by atoms with van der Waals surface area (Å²) in [5.74, 6) is 0. The van der Waals surface area contributed by atoms with Crippen LogP contribution in [0.2, 0.25) is 0 Å². The fraction of sp³-hybridized carbons (Fsp3) is 0.750. The molecule has 0 aliphatic carbocycles. The van der Waals surface area contributed by atoms with Crippen molar-refractivity contribution in [1.29, 1.82) is 0 Å². The topological polar surface area (TPSA) is 48.3 Å². The zero-order valence-corrected chi connectivity index (χ0v) is 10.6. The van der Waals surface area contributed by atoms with Gasteiger partial charge in [0.05, 0.1) is 32.1 Å². The standard InChI is InChI=1S/C12H21N3O2/c1-13-11(12-9-16-5-6-17-12)4-3-10-7-14-15(2)8-10/h7-8,11-13H,3-6,9H2,1-2H3. The van der Waals surface area contributed by atoms with Crippen LogP contribution in [0.5, 0.6) is 0 Å². The van der Waals surface area contributed by atoms with Crippen LogP contribution in [0.3, 0.4) is 0 Å². The molecule has 0 radical (unpaired) electrons. The fourth-order valence-corrected chi connectivity index (χ4v) is 2.18. The van der Waals surface area contributed by atoms with Gasteiger partial charge in [0.15, 0.2) is 0 Å². The Bertz CT molecular complexity index is 334. The summed E-state index contributed by atoms with van der Waals surface area (Å²) in [5.41, 5.74) is 1.27. The summed E-state index contributed by atoms with van der Waals surface area (Å²) in [5, 5.41) is 7.49. The molecule has 0 aromatic carbocycles. The van der Waals surface area contributed by atoms with Gasteiger partial charge in [0, 0.05) is 19.3 Å². The molecule has 1 aliphatic rings. The molecule has 0 amide bonds. The highest BCUT2D eigenvalue weighted by atomic mass is 16.6. The second kappa shape index (κ2) is 6.14. The summed E-state index contributed by atoms with van der Waals surface area (Å²) in [4.78, 5) is 0. The van der Waals surface area contributed by atoms with Crippen molar-refractivity contribution in [3.05, 3.63) is 18.0 Å². The SMILES string of the molecule is CNC(CCc1cnn(C)c1)C1COCCO1. The summed E-state index contributed by atoms with van der Waals surface area (Å²) < 4.78 is 13.0. The minimum Gasteiger partial charge on any atom is -0.376 e. The van der Waals surface area contributed by atoms with Crippen LogP contribution in [0, 0.1) is 0 Å². The van der Waals surface area contributed by atoms with Gasteiger partial charge in [-0.25, -0.2) is 0 Å². The molecule has 5 heteroatoms. The summed E-state index contributed by atoms with van der Waals surface area (Å²) in [6, 6.07) is 0.343. The smallest absolute Gasteiger partial charge is 0.0962 e. The summed E-state index contributed by atoms with van der Waals surface area (Å²) in [6.45, 7) is 2.11. The average molecular weight is 239 g/mol. The molecule has 1 N–H and O–H groups in total. The summed E-state index contributed by atoms with van der Waals surface area (Å²) in [7, 11) is 3.92. The molecule has 5 nitrogen and oxygen atoms in total. The van der Waals surface area contributed by atoms with Gasteiger partial charge in [0.1, 0.15) is 0 Å². The highest BCUT2D eigenvalue weighted by Crippen LogP contribution is 2.12. The number of rotatable bonds is 5. The van der Waals surface area contributed by atoms with Gasteiger partial charge < -0.3 is 14.8 Å². The van der Waals surface area contributed by atoms with E-state index in [-0.39, 0.29) is 6.10 Å². The highest BCUT2D eigenvalue weighted by Gasteiger charge is 2.23. The van der Waals surface area contributed by atoms with Gasteiger partial charge in [0.25, 0.3) is 0 Å². The maximum atomic E-state index is 5.72. The molecule has 96 valence electrons. The van der Waals surface area contributed by atoms with Crippen LogP contribution in [0.15, 0.2) is 12.4 Å². The van der Waals surface area contributed by atoms with Gasteiger partial charge in [0.2, 0.25) is 0 Å². The van der Waals surface area contributed by atoms with E-state index in [1.54, 1.807) is 0 Å². The van der Waals surface area contributed by atoms with Gasteiger partial charge >= 0.3 is 0 Å². The van der Waals surface area contributed by atoms with Gasteiger partial charge in [-0.15, -0.1) is 0 Å². The Morgan fingerprint density at radius 2 is 2.47 bits per heavy atom. The molecular weight excluding hydrogens is 218 g/mol. The van der Waals surface area contributed by atoms with Gasteiger partial charge in [-0.05, 0) is 25.5 Å². The summed E-state index contributed by atoms with van der Waals surface area (Å²) >= 11 is 0. The first kappa shape index (κ1) is 12.5. The van der Waals surface area contributed by atoms with Crippen LogP contribution in [-0.4, -0.2) is 48.8 Å². The van der Waals surface area contributed by atoms with Crippen LogP contribution in [0.25, 0.3) is 0 Å². The minimum absolute atomic E-state index is 0.172. The number of nitrogens with zero attached hydrogens (tertiary/aromatic N) is 2.